The summed E-state index contributed by atoms with van der Waals surface area (Å²) in [5, 5.41) is 6.78. The molecule has 1 atom stereocenters. The zero-order chi connectivity index (χ0) is 17.7. The molecule has 0 bridgehead atoms. The van der Waals surface area contributed by atoms with Crippen molar-refractivity contribution in [3.63, 3.8) is 0 Å². The number of hydrogen-bond acceptors (Lipinski definition) is 5. The van der Waals surface area contributed by atoms with Gasteiger partial charge in [0.25, 0.3) is 5.91 Å². The second-order valence-electron chi connectivity index (χ2n) is 5.47. The Morgan fingerprint density at radius 1 is 1.21 bits per heavy atom. The molecule has 0 aliphatic carbocycles. The zero-order valence-corrected chi connectivity index (χ0v) is 14.8. The molecule has 0 aliphatic heterocycles. The molecule has 130 valence electrons. The average Bonchev–Trinajstić information content (AvgIpc) is 2.88. The second-order valence-corrected chi connectivity index (χ2v) is 5.47. The van der Waals surface area contributed by atoms with E-state index >= 15 is 0 Å². The molecule has 6 nitrogen and oxygen atoms in total. The number of rotatable bonds is 7. The lowest BCUT2D eigenvalue weighted by Crippen LogP contribution is -2.27. The largest absolute Gasteiger partial charge is 0.490 e. The number of ether oxygens (including phenoxy) is 2. The molecule has 24 heavy (non-hydrogen) atoms. The number of nitrogens with one attached hydrogen (secondary N) is 1. The minimum absolute atomic E-state index is 0.193. The molecule has 0 radical (unpaired) electrons. The van der Waals surface area contributed by atoms with Crippen LogP contribution in [0.4, 0.5) is 0 Å². The number of aromatic nitrogens is 1. The molecule has 0 fully saturated rings. The Kier molecular flexibility index (Phi) is 5.84. The molecule has 1 aromatic carbocycles. The molecule has 0 aliphatic rings. The van der Waals surface area contributed by atoms with E-state index in [-0.39, 0.29) is 11.9 Å². The van der Waals surface area contributed by atoms with Crippen LogP contribution in [0.5, 0.6) is 11.5 Å². The highest BCUT2D eigenvalue weighted by Crippen LogP contribution is 2.31. The maximum absolute atomic E-state index is 12.4. The highest BCUT2D eigenvalue weighted by Gasteiger charge is 2.20. The summed E-state index contributed by atoms with van der Waals surface area (Å²) in [5.74, 6) is 1.69. The Morgan fingerprint density at radius 3 is 2.46 bits per heavy atom. The van der Waals surface area contributed by atoms with E-state index in [0.29, 0.717) is 41.7 Å². The van der Waals surface area contributed by atoms with Gasteiger partial charge in [0.05, 0.1) is 24.9 Å². The summed E-state index contributed by atoms with van der Waals surface area (Å²) in [6.45, 7) is 10.4. The van der Waals surface area contributed by atoms with Crippen LogP contribution in [0.3, 0.4) is 0 Å². The lowest BCUT2D eigenvalue weighted by atomic mass is 10.1. The number of carbonyl (C=O) groups is 1. The third kappa shape index (κ3) is 3.88. The quantitative estimate of drug-likeness (QED) is 0.839. The van der Waals surface area contributed by atoms with Crippen molar-refractivity contribution in [2.45, 2.75) is 40.7 Å². The smallest absolute Gasteiger partial charge is 0.257 e. The molecule has 0 unspecified atom stereocenters. The normalized spacial score (nSPS) is 11.9. The third-order valence-electron chi connectivity index (χ3n) is 3.68. The van der Waals surface area contributed by atoms with E-state index < -0.39 is 0 Å². The number of nitrogens with zero attached hydrogens (tertiary/aromatic N) is 1. The summed E-state index contributed by atoms with van der Waals surface area (Å²) < 4.78 is 16.2. The first-order chi connectivity index (χ1) is 11.5. The molecular weight excluding hydrogens is 308 g/mol. The first kappa shape index (κ1) is 17.8. The molecule has 1 N–H and O–H groups in total. The van der Waals surface area contributed by atoms with Crippen LogP contribution < -0.4 is 14.8 Å². The van der Waals surface area contributed by atoms with Crippen molar-refractivity contribution >= 4 is 5.91 Å². The van der Waals surface area contributed by atoms with Gasteiger partial charge in [0.1, 0.15) is 11.3 Å². The summed E-state index contributed by atoms with van der Waals surface area (Å²) in [6.07, 6.45) is 0. The minimum atomic E-state index is -0.203. The van der Waals surface area contributed by atoms with Crippen molar-refractivity contribution in [2.75, 3.05) is 13.2 Å². The SMILES string of the molecule is CCOc1ccc([C@H](C)NC(=O)c2c(C)noc2C)cc1OCC. The Labute approximate surface area is 142 Å². The third-order valence-corrected chi connectivity index (χ3v) is 3.68. The number of carbonyl (C=O) groups excluding carboxylic acids is 1. The van der Waals surface area contributed by atoms with Gasteiger partial charge < -0.3 is 19.3 Å². The lowest BCUT2D eigenvalue weighted by molar-refractivity contribution is 0.0937. The molecule has 0 spiro atoms. The maximum atomic E-state index is 12.4. The summed E-state index contributed by atoms with van der Waals surface area (Å²) in [7, 11) is 0. The molecule has 2 rings (SSSR count). The van der Waals surface area contributed by atoms with Crippen LogP contribution in [0.2, 0.25) is 0 Å². The van der Waals surface area contributed by atoms with E-state index in [1.165, 1.54) is 0 Å². The van der Waals surface area contributed by atoms with Gasteiger partial charge in [0.15, 0.2) is 11.5 Å². The fraction of sp³-hybridized carbons (Fsp3) is 0.444. The van der Waals surface area contributed by atoms with Gasteiger partial charge in [-0.05, 0) is 52.3 Å². The van der Waals surface area contributed by atoms with Gasteiger partial charge >= 0.3 is 0 Å². The maximum Gasteiger partial charge on any atom is 0.257 e. The van der Waals surface area contributed by atoms with Crippen molar-refractivity contribution in [3.8, 4) is 11.5 Å². The van der Waals surface area contributed by atoms with E-state index in [2.05, 4.69) is 10.5 Å². The fourth-order valence-electron chi connectivity index (χ4n) is 2.50. The zero-order valence-electron chi connectivity index (χ0n) is 14.8. The Bertz CT molecular complexity index is 690. The van der Waals surface area contributed by atoms with E-state index in [1.807, 2.05) is 39.0 Å². The number of benzene rings is 1. The van der Waals surface area contributed by atoms with Crippen molar-refractivity contribution in [2.24, 2.45) is 0 Å². The van der Waals surface area contributed by atoms with E-state index in [4.69, 9.17) is 14.0 Å². The van der Waals surface area contributed by atoms with E-state index in [0.717, 1.165) is 5.56 Å². The van der Waals surface area contributed by atoms with Crippen LogP contribution in [0.25, 0.3) is 0 Å². The van der Waals surface area contributed by atoms with Gasteiger partial charge in [-0.15, -0.1) is 0 Å². The summed E-state index contributed by atoms with van der Waals surface area (Å²) in [4.78, 5) is 12.4. The van der Waals surface area contributed by atoms with Crippen LogP contribution in [0, 0.1) is 13.8 Å². The first-order valence-electron chi connectivity index (χ1n) is 8.11. The summed E-state index contributed by atoms with van der Waals surface area (Å²) in [5.41, 5.74) is 2.00. The summed E-state index contributed by atoms with van der Waals surface area (Å²) in [6, 6.07) is 5.49. The fourth-order valence-corrected chi connectivity index (χ4v) is 2.50. The Hall–Kier alpha value is -2.50. The van der Waals surface area contributed by atoms with E-state index in [1.54, 1.807) is 13.8 Å². The molecule has 2 aromatic rings. The average molecular weight is 332 g/mol. The van der Waals surface area contributed by atoms with Crippen molar-refractivity contribution in [1.82, 2.24) is 10.5 Å². The molecule has 1 aromatic heterocycles. The van der Waals surface area contributed by atoms with Crippen molar-refractivity contribution in [3.05, 3.63) is 40.8 Å². The van der Waals surface area contributed by atoms with Crippen LogP contribution in [-0.4, -0.2) is 24.3 Å². The number of aryl methyl sites for hydroxylation is 2. The number of amides is 1. The predicted octanol–water partition coefficient (Wildman–Crippen LogP) is 3.58. The van der Waals surface area contributed by atoms with Gasteiger partial charge in [-0.1, -0.05) is 11.2 Å². The van der Waals surface area contributed by atoms with Gasteiger partial charge in [0, 0.05) is 0 Å². The van der Waals surface area contributed by atoms with Crippen molar-refractivity contribution < 1.29 is 18.8 Å². The van der Waals surface area contributed by atoms with Crippen LogP contribution >= 0.6 is 0 Å². The van der Waals surface area contributed by atoms with Gasteiger partial charge in [-0.25, -0.2) is 0 Å². The summed E-state index contributed by atoms with van der Waals surface area (Å²) >= 11 is 0. The molecule has 1 amide bonds. The molecule has 0 saturated heterocycles. The Morgan fingerprint density at radius 2 is 1.88 bits per heavy atom. The minimum Gasteiger partial charge on any atom is -0.490 e. The van der Waals surface area contributed by atoms with Gasteiger partial charge in [-0.2, -0.15) is 0 Å². The van der Waals surface area contributed by atoms with E-state index in [9.17, 15) is 4.79 Å². The topological polar surface area (TPSA) is 73.6 Å². The predicted molar refractivity (Wildman–Crippen MR) is 90.6 cm³/mol. The first-order valence-corrected chi connectivity index (χ1v) is 8.11. The van der Waals surface area contributed by atoms with Gasteiger partial charge in [0.2, 0.25) is 0 Å². The van der Waals surface area contributed by atoms with Crippen molar-refractivity contribution in [1.29, 1.82) is 0 Å². The molecular formula is C18H24N2O4. The van der Waals surface area contributed by atoms with Crippen LogP contribution in [0.1, 0.15) is 54.2 Å². The standard InChI is InChI=1S/C18H24N2O4/c1-6-22-15-9-8-14(10-16(15)23-7-2)11(3)19-18(21)17-12(4)20-24-13(17)5/h8-11H,6-7H2,1-5H3,(H,19,21)/t11-/m0/s1. The Balaban J connectivity index is 2.18. The van der Waals surface area contributed by atoms with Crippen LogP contribution in [0.15, 0.2) is 22.7 Å². The van der Waals surface area contributed by atoms with Crippen LogP contribution in [-0.2, 0) is 0 Å². The highest BCUT2D eigenvalue weighted by molar-refractivity contribution is 5.96. The second kappa shape index (κ2) is 7.86. The monoisotopic (exact) mass is 332 g/mol. The molecule has 6 heteroatoms. The molecule has 1 heterocycles. The highest BCUT2D eigenvalue weighted by atomic mass is 16.5. The molecule has 0 saturated carbocycles. The van der Waals surface area contributed by atoms with Gasteiger partial charge in [-0.3, -0.25) is 4.79 Å². The lowest BCUT2D eigenvalue weighted by Gasteiger charge is -2.17. The number of hydrogen-bond donors (Lipinski definition) is 1.